The number of aromatic hydroxyl groups is 1. The summed E-state index contributed by atoms with van der Waals surface area (Å²) in [5.74, 6) is -0.213. The van der Waals surface area contributed by atoms with Gasteiger partial charge in [-0.2, -0.15) is 10.1 Å². The van der Waals surface area contributed by atoms with Gasteiger partial charge in [0, 0.05) is 27.7 Å². The molecule has 0 aliphatic rings. The second kappa shape index (κ2) is 7.35. The number of imidazole rings is 1. The maximum absolute atomic E-state index is 12.4. The third kappa shape index (κ3) is 3.20. The molecule has 0 aliphatic heterocycles. The third-order valence-electron chi connectivity index (χ3n) is 4.35. The van der Waals surface area contributed by atoms with Crippen LogP contribution < -0.4 is 22.2 Å². The number of allylic oxidation sites excluding steroid dienone is 1. The standard InChI is InChI=1S/C16H18N8O4S/c1-5-6-24-12(26)8(11(25)19-15(24)29)7-17-20-14-18-10-9(21(14)2)13(27)23(4)16(28)22(10)3/h5,7,26H,1,6H2,2-4H3,(H,18,20)(H,19,25,29). The van der Waals surface area contributed by atoms with Gasteiger partial charge >= 0.3 is 5.69 Å². The van der Waals surface area contributed by atoms with Crippen molar-refractivity contribution in [1.82, 2.24) is 28.2 Å². The van der Waals surface area contributed by atoms with Crippen LogP contribution in [0.1, 0.15) is 5.56 Å². The normalized spacial score (nSPS) is 11.4. The van der Waals surface area contributed by atoms with Crippen molar-refractivity contribution in [2.45, 2.75) is 6.54 Å². The number of fused-ring (bicyclic) bond motifs is 1. The molecule has 3 heterocycles. The summed E-state index contributed by atoms with van der Waals surface area (Å²) in [6.07, 6.45) is 2.61. The van der Waals surface area contributed by atoms with Crippen molar-refractivity contribution in [1.29, 1.82) is 0 Å². The Bertz CT molecular complexity index is 1400. The van der Waals surface area contributed by atoms with Crippen LogP contribution in [-0.4, -0.2) is 39.6 Å². The molecule has 13 heteroatoms. The SMILES string of the molecule is C=CCn1c(O)c(C=NNc2nc3c(c(=O)n(C)c(=O)n3C)n2C)c(=O)[nH]c1=S. The average molecular weight is 418 g/mol. The molecular weight excluding hydrogens is 400 g/mol. The van der Waals surface area contributed by atoms with E-state index in [-0.39, 0.29) is 39.9 Å². The lowest BCUT2D eigenvalue weighted by Gasteiger charge is -2.08. The highest BCUT2D eigenvalue weighted by Crippen LogP contribution is 2.14. The Morgan fingerprint density at radius 3 is 2.59 bits per heavy atom. The Balaban J connectivity index is 2.05. The fourth-order valence-corrected chi connectivity index (χ4v) is 3.02. The summed E-state index contributed by atoms with van der Waals surface area (Å²) in [6, 6.07) is 0. The molecule has 152 valence electrons. The molecule has 0 atom stereocenters. The van der Waals surface area contributed by atoms with Gasteiger partial charge in [0.05, 0.1) is 6.21 Å². The summed E-state index contributed by atoms with van der Waals surface area (Å²) in [6.45, 7) is 3.76. The first-order valence-electron chi connectivity index (χ1n) is 8.27. The molecule has 0 saturated carbocycles. The summed E-state index contributed by atoms with van der Waals surface area (Å²) in [5, 5.41) is 14.2. The second-order valence-electron chi connectivity index (χ2n) is 6.14. The first kappa shape index (κ1) is 20.0. The number of rotatable bonds is 5. The van der Waals surface area contributed by atoms with Gasteiger partial charge in [0.2, 0.25) is 11.8 Å². The Morgan fingerprint density at radius 2 is 1.93 bits per heavy atom. The maximum atomic E-state index is 12.4. The zero-order valence-corrected chi connectivity index (χ0v) is 16.6. The molecule has 3 rings (SSSR count). The zero-order valence-electron chi connectivity index (χ0n) is 15.8. The lowest BCUT2D eigenvalue weighted by atomic mass is 10.3. The van der Waals surface area contributed by atoms with E-state index in [2.05, 4.69) is 27.1 Å². The van der Waals surface area contributed by atoms with Crippen LogP contribution in [0.2, 0.25) is 0 Å². The third-order valence-corrected chi connectivity index (χ3v) is 4.67. The van der Waals surface area contributed by atoms with Crippen LogP contribution in [0.4, 0.5) is 5.95 Å². The number of aromatic nitrogens is 6. The van der Waals surface area contributed by atoms with Crippen molar-refractivity contribution < 1.29 is 5.11 Å². The van der Waals surface area contributed by atoms with Crippen molar-refractivity contribution in [3.63, 3.8) is 0 Å². The van der Waals surface area contributed by atoms with Gasteiger partial charge in [-0.05, 0) is 12.2 Å². The minimum atomic E-state index is -0.625. The quantitative estimate of drug-likeness (QED) is 0.220. The molecule has 0 aliphatic carbocycles. The van der Waals surface area contributed by atoms with Crippen molar-refractivity contribution in [2.24, 2.45) is 26.2 Å². The molecular formula is C16H18N8O4S. The highest BCUT2D eigenvalue weighted by molar-refractivity contribution is 7.71. The summed E-state index contributed by atoms with van der Waals surface area (Å²) in [5.41, 5.74) is 1.21. The van der Waals surface area contributed by atoms with E-state index in [9.17, 15) is 19.5 Å². The minimum Gasteiger partial charge on any atom is -0.494 e. The van der Waals surface area contributed by atoms with Crippen molar-refractivity contribution in [2.75, 3.05) is 5.43 Å². The average Bonchev–Trinajstić information content (AvgIpc) is 3.01. The predicted molar refractivity (Wildman–Crippen MR) is 110 cm³/mol. The predicted octanol–water partition coefficient (Wildman–Crippen LogP) is -0.472. The minimum absolute atomic E-state index is 0.0459. The molecule has 0 fully saturated rings. The molecule has 12 nitrogen and oxygen atoms in total. The molecule has 3 N–H and O–H groups in total. The molecule has 0 bridgehead atoms. The summed E-state index contributed by atoms with van der Waals surface area (Å²) in [7, 11) is 4.45. The Hall–Kier alpha value is -3.74. The monoisotopic (exact) mass is 418 g/mol. The molecule has 3 aromatic rings. The van der Waals surface area contributed by atoms with Crippen LogP contribution in [0.15, 0.2) is 32.1 Å². The van der Waals surface area contributed by atoms with Crippen molar-refractivity contribution >= 4 is 35.5 Å². The molecule has 0 radical (unpaired) electrons. The number of hydrogen-bond acceptors (Lipinski definition) is 8. The van der Waals surface area contributed by atoms with Crippen LogP contribution in [0.3, 0.4) is 0 Å². The highest BCUT2D eigenvalue weighted by Gasteiger charge is 2.17. The van der Waals surface area contributed by atoms with Gasteiger partial charge < -0.3 is 9.67 Å². The van der Waals surface area contributed by atoms with Gasteiger partial charge in [0.1, 0.15) is 5.56 Å². The molecule has 0 aromatic carbocycles. The van der Waals surface area contributed by atoms with E-state index < -0.39 is 16.8 Å². The van der Waals surface area contributed by atoms with E-state index in [0.29, 0.717) is 0 Å². The van der Waals surface area contributed by atoms with Gasteiger partial charge in [0.15, 0.2) is 15.9 Å². The van der Waals surface area contributed by atoms with E-state index in [1.54, 1.807) is 7.05 Å². The van der Waals surface area contributed by atoms with Gasteiger partial charge in [-0.1, -0.05) is 6.08 Å². The molecule has 0 spiro atoms. The van der Waals surface area contributed by atoms with Crippen LogP contribution in [0.25, 0.3) is 11.2 Å². The molecule has 0 unspecified atom stereocenters. The lowest BCUT2D eigenvalue weighted by molar-refractivity contribution is 0.413. The number of nitrogens with zero attached hydrogens (tertiary/aromatic N) is 6. The number of hydrogen-bond donors (Lipinski definition) is 3. The van der Waals surface area contributed by atoms with E-state index in [1.165, 1.54) is 33.9 Å². The smallest absolute Gasteiger partial charge is 0.332 e. The fourth-order valence-electron chi connectivity index (χ4n) is 2.76. The van der Waals surface area contributed by atoms with Crippen LogP contribution in [0.5, 0.6) is 5.88 Å². The number of hydrazone groups is 1. The molecule has 3 aromatic heterocycles. The van der Waals surface area contributed by atoms with E-state index in [1.807, 2.05) is 0 Å². The Morgan fingerprint density at radius 1 is 1.24 bits per heavy atom. The van der Waals surface area contributed by atoms with Gasteiger partial charge in [-0.15, -0.1) is 6.58 Å². The highest BCUT2D eigenvalue weighted by atomic mass is 32.1. The van der Waals surface area contributed by atoms with E-state index >= 15 is 0 Å². The van der Waals surface area contributed by atoms with E-state index in [0.717, 1.165) is 10.8 Å². The summed E-state index contributed by atoms with van der Waals surface area (Å²) < 4.78 is 4.97. The zero-order chi connectivity index (χ0) is 21.5. The lowest BCUT2D eigenvalue weighted by Crippen LogP contribution is -2.37. The van der Waals surface area contributed by atoms with Crippen LogP contribution in [0, 0.1) is 4.77 Å². The largest absolute Gasteiger partial charge is 0.494 e. The number of anilines is 1. The Labute approximate surface area is 167 Å². The topological polar surface area (TPSA) is 144 Å². The summed E-state index contributed by atoms with van der Waals surface area (Å²) >= 11 is 5.01. The second-order valence-corrected chi connectivity index (χ2v) is 6.52. The van der Waals surface area contributed by atoms with Crippen LogP contribution >= 0.6 is 12.2 Å². The van der Waals surface area contributed by atoms with Crippen molar-refractivity contribution in [3.8, 4) is 5.88 Å². The number of H-pyrrole nitrogens is 1. The van der Waals surface area contributed by atoms with Gasteiger partial charge in [-0.25, -0.2) is 10.2 Å². The first-order valence-corrected chi connectivity index (χ1v) is 8.68. The number of nitrogens with one attached hydrogen (secondary N) is 2. The van der Waals surface area contributed by atoms with Gasteiger partial charge in [0.25, 0.3) is 11.1 Å². The molecule has 0 saturated heterocycles. The van der Waals surface area contributed by atoms with Gasteiger partial charge in [-0.3, -0.25) is 28.3 Å². The summed E-state index contributed by atoms with van der Waals surface area (Å²) in [4.78, 5) is 43.2. The maximum Gasteiger partial charge on any atom is 0.332 e. The number of aromatic amines is 1. The first-order chi connectivity index (χ1) is 13.7. The number of aryl methyl sites for hydroxylation is 2. The fraction of sp³-hybridized carbons (Fsp3) is 0.250. The van der Waals surface area contributed by atoms with Crippen LogP contribution in [-0.2, 0) is 27.7 Å². The van der Waals surface area contributed by atoms with Crippen molar-refractivity contribution in [3.05, 3.63) is 54.2 Å². The Kier molecular flexibility index (Phi) is 5.07. The molecule has 0 amide bonds. The molecule has 29 heavy (non-hydrogen) atoms. The van der Waals surface area contributed by atoms with E-state index in [4.69, 9.17) is 12.2 Å².